The molecular weight excluding hydrogens is 313 g/mol. The van der Waals surface area contributed by atoms with E-state index in [9.17, 15) is 4.39 Å². The third-order valence-electron chi connectivity index (χ3n) is 2.06. The highest BCUT2D eigenvalue weighted by molar-refractivity contribution is 9.10. The van der Waals surface area contributed by atoms with Crippen LogP contribution in [0.25, 0.3) is 0 Å². The van der Waals surface area contributed by atoms with Gasteiger partial charge in [0.15, 0.2) is 0 Å². The Morgan fingerprint density at radius 3 is 2.88 bits per heavy atom. The number of benzene rings is 1. The quantitative estimate of drug-likeness (QED) is 0.847. The molecule has 0 spiro atoms. The van der Waals surface area contributed by atoms with Crippen LogP contribution in [0.2, 0.25) is 5.02 Å². The van der Waals surface area contributed by atoms with E-state index >= 15 is 0 Å². The molecule has 0 aliphatic heterocycles. The maximum absolute atomic E-state index is 13.0. The summed E-state index contributed by atoms with van der Waals surface area (Å²) in [6.45, 7) is 0.626. The molecular formula is C11H8BrClFNS. The predicted octanol–water partition coefficient (Wildman–Crippen LogP) is 4.92. The van der Waals surface area contributed by atoms with Crippen molar-refractivity contribution in [2.45, 2.75) is 6.54 Å². The van der Waals surface area contributed by atoms with Crippen molar-refractivity contribution in [1.82, 2.24) is 0 Å². The van der Waals surface area contributed by atoms with E-state index in [4.69, 9.17) is 11.6 Å². The zero-order chi connectivity index (χ0) is 11.5. The van der Waals surface area contributed by atoms with Crippen LogP contribution in [0, 0.1) is 5.82 Å². The van der Waals surface area contributed by atoms with Gasteiger partial charge < -0.3 is 5.32 Å². The summed E-state index contributed by atoms with van der Waals surface area (Å²) in [7, 11) is 0. The Hall–Kier alpha value is -0.580. The Morgan fingerprint density at radius 2 is 2.19 bits per heavy atom. The van der Waals surface area contributed by atoms with Crippen molar-refractivity contribution >= 4 is 44.6 Å². The summed E-state index contributed by atoms with van der Waals surface area (Å²) in [4.78, 5) is 1.15. The molecule has 1 nitrogen and oxygen atoms in total. The molecule has 0 bridgehead atoms. The Balaban J connectivity index is 2.10. The summed E-state index contributed by atoms with van der Waals surface area (Å²) in [5.74, 6) is -0.294. The van der Waals surface area contributed by atoms with Gasteiger partial charge in [0.1, 0.15) is 5.82 Å². The van der Waals surface area contributed by atoms with Crippen molar-refractivity contribution < 1.29 is 4.39 Å². The first-order chi connectivity index (χ1) is 7.66. The second-order valence-corrected chi connectivity index (χ2v) is 5.43. The van der Waals surface area contributed by atoms with Crippen LogP contribution in [0.4, 0.5) is 10.1 Å². The Kier molecular flexibility index (Phi) is 3.84. The largest absolute Gasteiger partial charge is 0.379 e. The molecule has 1 aromatic heterocycles. The molecule has 0 saturated heterocycles. The molecule has 1 aromatic carbocycles. The molecule has 0 amide bonds. The zero-order valence-corrected chi connectivity index (χ0v) is 11.3. The topological polar surface area (TPSA) is 12.0 Å². The minimum Gasteiger partial charge on any atom is -0.379 e. The Morgan fingerprint density at radius 1 is 1.38 bits per heavy atom. The number of anilines is 1. The number of thiophene rings is 1. The van der Waals surface area contributed by atoms with Crippen molar-refractivity contribution in [2.24, 2.45) is 0 Å². The van der Waals surface area contributed by atoms with Crippen molar-refractivity contribution in [3.8, 4) is 0 Å². The summed E-state index contributed by atoms with van der Waals surface area (Å²) in [6, 6.07) is 6.26. The molecule has 0 atom stereocenters. The Bertz CT molecular complexity index is 500. The fraction of sp³-hybridized carbons (Fsp3) is 0.0909. The van der Waals surface area contributed by atoms with Gasteiger partial charge in [-0.3, -0.25) is 0 Å². The molecule has 16 heavy (non-hydrogen) atoms. The zero-order valence-electron chi connectivity index (χ0n) is 8.14. The van der Waals surface area contributed by atoms with Gasteiger partial charge in [0.25, 0.3) is 0 Å². The van der Waals surface area contributed by atoms with Gasteiger partial charge in [-0.25, -0.2) is 4.39 Å². The summed E-state index contributed by atoms with van der Waals surface area (Å²) in [6.07, 6.45) is 0. The highest BCUT2D eigenvalue weighted by atomic mass is 79.9. The lowest BCUT2D eigenvalue weighted by molar-refractivity contribution is 0.628. The molecule has 2 rings (SSSR count). The fourth-order valence-electron chi connectivity index (χ4n) is 1.26. The molecule has 0 aliphatic rings. The molecule has 0 fully saturated rings. The summed E-state index contributed by atoms with van der Waals surface area (Å²) in [5, 5.41) is 5.62. The lowest BCUT2D eigenvalue weighted by Crippen LogP contribution is -1.99. The molecule has 1 heterocycles. The second-order valence-electron chi connectivity index (χ2n) is 3.17. The standard InChI is InChI=1S/C11H8BrClFNS/c12-8-3-4-16-11(8)6-15-10-5-7(14)1-2-9(10)13/h1-5,15H,6H2. The van der Waals surface area contributed by atoms with Gasteiger partial charge in [-0.2, -0.15) is 0 Å². The van der Waals surface area contributed by atoms with Gasteiger partial charge in [0, 0.05) is 9.35 Å². The third kappa shape index (κ3) is 2.75. The Labute approximate surface area is 110 Å². The van der Waals surface area contributed by atoms with Crippen LogP contribution in [0.5, 0.6) is 0 Å². The molecule has 1 N–H and O–H groups in total. The van der Waals surface area contributed by atoms with E-state index in [0.717, 1.165) is 9.35 Å². The number of rotatable bonds is 3. The molecule has 0 saturated carbocycles. The first-order valence-electron chi connectivity index (χ1n) is 4.57. The number of nitrogens with one attached hydrogen (secondary N) is 1. The highest BCUT2D eigenvalue weighted by Crippen LogP contribution is 2.26. The van der Waals surface area contributed by atoms with Gasteiger partial charge in [-0.05, 0) is 45.6 Å². The lowest BCUT2D eigenvalue weighted by Gasteiger charge is -2.07. The maximum Gasteiger partial charge on any atom is 0.125 e. The second kappa shape index (κ2) is 5.17. The van der Waals surface area contributed by atoms with Crippen molar-refractivity contribution in [3.63, 3.8) is 0 Å². The summed E-state index contributed by atoms with van der Waals surface area (Å²) in [5.41, 5.74) is 0.613. The van der Waals surface area contributed by atoms with E-state index < -0.39 is 0 Å². The van der Waals surface area contributed by atoms with E-state index in [1.54, 1.807) is 17.4 Å². The average Bonchev–Trinajstić information content (AvgIpc) is 2.66. The molecule has 5 heteroatoms. The molecule has 84 valence electrons. The molecule has 0 radical (unpaired) electrons. The van der Waals surface area contributed by atoms with Gasteiger partial charge in [-0.15, -0.1) is 11.3 Å². The highest BCUT2D eigenvalue weighted by Gasteiger charge is 2.04. The van der Waals surface area contributed by atoms with Gasteiger partial charge in [-0.1, -0.05) is 11.6 Å². The van der Waals surface area contributed by atoms with Crippen molar-refractivity contribution in [2.75, 3.05) is 5.32 Å². The van der Waals surface area contributed by atoms with Crippen LogP contribution in [-0.2, 0) is 6.54 Å². The summed E-state index contributed by atoms with van der Waals surface area (Å²) < 4.78 is 14.0. The van der Waals surface area contributed by atoms with Crippen molar-refractivity contribution in [3.05, 3.63) is 49.8 Å². The minimum atomic E-state index is -0.294. The monoisotopic (exact) mass is 319 g/mol. The van der Waals surface area contributed by atoms with E-state index in [2.05, 4.69) is 21.2 Å². The van der Waals surface area contributed by atoms with Crippen LogP contribution >= 0.6 is 38.9 Å². The van der Waals surface area contributed by atoms with Crippen LogP contribution in [0.15, 0.2) is 34.1 Å². The first-order valence-corrected chi connectivity index (χ1v) is 6.62. The smallest absolute Gasteiger partial charge is 0.125 e. The fourth-order valence-corrected chi connectivity index (χ4v) is 2.88. The van der Waals surface area contributed by atoms with E-state index in [0.29, 0.717) is 17.3 Å². The maximum atomic E-state index is 13.0. The molecule has 0 unspecified atom stereocenters. The van der Waals surface area contributed by atoms with E-state index in [-0.39, 0.29) is 5.82 Å². The van der Waals surface area contributed by atoms with Crippen LogP contribution < -0.4 is 5.32 Å². The van der Waals surface area contributed by atoms with Gasteiger partial charge >= 0.3 is 0 Å². The summed E-state index contributed by atoms with van der Waals surface area (Å²) >= 11 is 11.0. The van der Waals surface area contributed by atoms with Gasteiger partial charge in [0.05, 0.1) is 17.3 Å². The number of hydrogen-bond donors (Lipinski definition) is 1. The van der Waals surface area contributed by atoms with Crippen molar-refractivity contribution in [1.29, 1.82) is 0 Å². The van der Waals surface area contributed by atoms with E-state index in [1.165, 1.54) is 12.1 Å². The normalized spacial score (nSPS) is 10.4. The minimum absolute atomic E-state index is 0.294. The molecule has 0 aliphatic carbocycles. The average molecular weight is 321 g/mol. The van der Waals surface area contributed by atoms with Crippen LogP contribution in [0.3, 0.4) is 0 Å². The van der Waals surface area contributed by atoms with Crippen LogP contribution in [0.1, 0.15) is 4.88 Å². The SMILES string of the molecule is Fc1ccc(Cl)c(NCc2sccc2Br)c1. The van der Waals surface area contributed by atoms with Gasteiger partial charge in [0.2, 0.25) is 0 Å². The molecule has 2 aromatic rings. The first kappa shape index (κ1) is 11.9. The predicted molar refractivity (Wildman–Crippen MR) is 70.8 cm³/mol. The number of halogens is 3. The van der Waals surface area contributed by atoms with Crippen LogP contribution in [-0.4, -0.2) is 0 Å². The lowest BCUT2D eigenvalue weighted by atomic mass is 10.3. The number of hydrogen-bond acceptors (Lipinski definition) is 2. The van der Waals surface area contributed by atoms with E-state index in [1.807, 2.05) is 11.4 Å². The third-order valence-corrected chi connectivity index (χ3v) is 4.31.